The maximum atomic E-state index is 6.35. The topological polar surface area (TPSA) is 79.9 Å². The number of hydrogen-bond acceptors (Lipinski definition) is 6. The van der Waals surface area contributed by atoms with E-state index in [-0.39, 0.29) is 30.4 Å². The number of hydrogen-bond donors (Lipinski definition) is 0. The van der Waals surface area contributed by atoms with E-state index in [4.69, 9.17) is 9.47 Å². The molecule has 0 saturated heterocycles. The van der Waals surface area contributed by atoms with E-state index in [0.717, 1.165) is 24.2 Å². The van der Waals surface area contributed by atoms with Gasteiger partial charge in [-0.1, -0.05) is 38.1 Å². The second-order valence-electron chi connectivity index (χ2n) is 8.88. The molecule has 0 amide bonds. The Kier molecular flexibility index (Phi) is 7.05. The SMILES string of the molecule is CCOC1CC(n2cc(C(C)C)nn2)C(OC(C)C)CC1n1cc(C(C)C)nn1. The highest BCUT2D eigenvalue weighted by molar-refractivity contribution is 5.04. The zero-order valence-corrected chi connectivity index (χ0v) is 18.8. The summed E-state index contributed by atoms with van der Waals surface area (Å²) in [7, 11) is 0. The quantitative estimate of drug-likeness (QED) is 0.664. The van der Waals surface area contributed by atoms with Gasteiger partial charge in [0.2, 0.25) is 0 Å². The molecule has 2 aromatic heterocycles. The van der Waals surface area contributed by atoms with E-state index in [0.29, 0.717) is 18.4 Å². The van der Waals surface area contributed by atoms with Crippen molar-refractivity contribution >= 4 is 0 Å². The molecule has 1 fully saturated rings. The first-order chi connectivity index (χ1) is 13.8. The second-order valence-corrected chi connectivity index (χ2v) is 8.88. The average Bonchev–Trinajstić information content (AvgIpc) is 3.32. The van der Waals surface area contributed by atoms with Gasteiger partial charge in [0, 0.05) is 31.8 Å². The molecule has 0 radical (unpaired) electrons. The first-order valence-electron chi connectivity index (χ1n) is 10.9. The fraction of sp³-hybridized carbons (Fsp3) is 0.810. The van der Waals surface area contributed by atoms with Crippen LogP contribution in [0, 0.1) is 0 Å². The first-order valence-corrected chi connectivity index (χ1v) is 10.9. The van der Waals surface area contributed by atoms with Gasteiger partial charge in [-0.25, -0.2) is 9.36 Å². The highest BCUT2D eigenvalue weighted by atomic mass is 16.5. The molecule has 1 saturated carbocycles. The van der Waals surface area contributed by atoms with E-state index < -0.39 is 0 Å². The normalized spacial score (nSPS) is 25.4. The van der Waals surface area contributed by atoms with Gasteiger partial charge in [0.15, 0.2) is 0 Å². The summed E-state index contributed by atoms with van der Waals surface area (Å²) in [6, 6.07) is 0.168. The third kappa shape index (κ3) is 5.04. The lowest BCUT2D eigenvalue weighted by molar-refractivity contribution is -0.103. The Labute approximate surface area is 174 Å². The Morgan fingerprint density at radius 1 is 0.862 bits per heavy atom. The van der Waals surface area contributed by atoms with Crippen LogP contribution in [-0.4, -0.2) is 54.9 Å². The monoisotopic (exact) mass is 404 g/mol. The standard InChI is InChI=1S/C21H36N6O2/c1-8-28-20-9-19(27-12-17(14(4)5)23-25-27)21(29-15(6)7)10-18(20)26-11-16(13(2)3)22-24-26/h11-15,18-21H,8-10H2,1-7H3. The Morgan fingerprint density at radius 2 is 1.34 bits per heavy atom. The first kappa shape index (κ1) is 21.9. The Hall–Kier alpha value is -1.80. The molecule has 0 N–H and O–H groups in total. The summed E-state index contributed by atoms with van der Waals surface area (Å²) in [6.07, 6.45) is 5.86. The molecular formula is C21H36N6O2. The summed E-state index contributed by atoms with van der Waals surface area (Å²) in [5.41, 5.74) is 2.00. The van der Waals surface area contributed by atoms with Crippen LogP contribution in [0.3, 0.4) is 0 Å². The van der Waals surface area contributed by atoms with E-state index in [1.807, 2.05) is 16.3 Å². The lowest BCUT2D eigenvalue weighted by atomic mass is 9.85. The number of rotatable bonds is 8. The molecule has 0 aliphatic heterocycles. The van der Waals surface area contributed by atoms with Crippen molar-refractivity contribution in [3.63, 3.8) is 0 Å². The molecule has 4 unspecified atom stereocenters. The van der Waals surface area contributed by atoms with Gasteiger partial charge in [-0.15, -0.1) is 10.2 Å². The Balaban J connectivity index is 1.90. The van der Waals surface area contributed by atoms with Crippen molar-refractivity contribution in [1.29, 1.82) is 0 Å². The molecule has 8 nitrogen and oxygen atoms in total. The number of nitrogens with zero attached hydrogens (tertiary/aromatic N) is 6. The van der Waals surface area contributed by atoms with Crippen LogP contribution in [0.25, 0.3) is 0 Å². The van der Waals surface area contributed by atoms with E-state index in [2.05, 4.69) is 74.6 Å². The smallest absolute Gasteiger partial charge is 0.0852 e. The molecule has 2 heterocycles. The molecule has 162 valence electrons. The van der Waals surface area contributed by atoms with Crippen molar-refractivity contribution in [1.82, 2.24) is 30.0 Å². The summed E-state index contributed by atoms with van der Waals surface area (Å²) >= 11 is 0. The van der Waals surface area contributed by atoms with Crippen molar-refractivity contribution in [2.45, 2.75) is 104 Å². The molecule has 0 aromatic carbocycles. The largest absolute Gasteiger partial charge is 0.376 e. The fourth-order valence-corrected chi connectivity index (χ4v) is 3.97. The van der Waals surface area contributed by atoms with Crippen LogP contribution in [-0.2, 0) is 9.47 Å². The minimum absolute atomic E-state index is 0.00474. The van der Waals surface area contributed by atoms with Crippen LogP contribution in [0.4, 0.5) is 0 Å². The van der Waals surface area contributed by atoms with Crippen LogP contribution in [0.5, 0.6) is 0 Å². The summed E-state index contributed by atoms with van der Waals surface area (Å²) in [5.74, 6) is 0.690. The third-order valence-corrected chi connectivity index (χ3v) is 5.55. The molecule has 0 bridgehead atoms. The fourth-order valence-electron chi connectivity index (χ4n) is 3.97. The zero-order valence-electron chi connectivity index (χ0n) is 18.8. The van der Waals surface area contributed by atoms with Crippen molar-refractivity contribution < 1.29 is 9.47 Å². The maximum absolute atomic E-state index is 6.35. The predicted octanol–water partition coefficient (Wildman–Crippen LogP) is 3.89. The van der Waals surface area contributed by atoms with Crippen molar-refractivity contribution in [2.75, 3.05) is 6.61 Å². The van der Waals surface area contributed by atoms with Crippen molar-refractivity contribution in [2.24, 2.45) is 0 Å². The minimum Gasteiger partial charge on any atom is -0.376 e. The summed E-state index contributed by atoms with van der Waals surface area (Å²) in [4.78, 5) is 0. The van der Waals surface area contributed by atoms with Gasteiger partial charge in [-0.05, 0) is 32.6 Å². The molecule has 2 aromatic rings. The predicted molar refractivity (Wildman–Crippen MR) is 111 cm³/mol. The van der Waals surface area contributed by atoms with Gasteiger partial charge < -0.3 is 9.47 Å². The molecular weight excluding hydrogens is 368 g/mol. The van der Waals surface area contributed by atoms with Crippen LogP contribution in [0.1, 0.15) is 96.6 Å². The third-order valence-electron chi connectivity index (χ3n) is 5.55. The molecule has 4 atom stereocenters. The lowest BCUT2D eigenvalue weighted by Gasteiger charge is -2.41. The van der Waals surface area contributed by atoms with Crippen LogP contribution in [0.15, 0.2) is 12.4 Å². The summed E-state index contributed by atoms with van der Waals surface area (Å²) in [5, 5.41) is 17.6. The van der Waals surface area contributed by atoms with Crippen LogP contribution >= 0.6 is 0 Å². The molecule has 1 aliphatic rings. The van der Waals surface area contributed by atoms with Gasteiger partial charge in [-0.2, -0.15) is 0 Å². The Bertz CT molecular complexity index is 769. The van der Waals surface area contributed by atoms with Crippen molar-refractivity contribution in [3.05, 3.63) is 23.8 Å². The Morgan fingerprint density at radius 3 is 1.76 bits per heavy atom. The average molecular weight is 405 g/mol. The zero-order chi connectivity index (χ0) is 21.1. The van der Waals surface area contributed by atoms with Gasteiger partial charge in [0.25, 0.3) is 0 Å². The van der Waals surface area contributed by atoms with Crippen LogP contribution in [0.2, 0.25) is 0 Å². The van der Waals surface area contributed by atoms with Gasteiger partial charge in [0.05, 0.1) is 41.8 Å². The minimum atomic E-state index is 0.00474. The summed E-state index contributed by atoms with van der Waals surface area (Å²) in [6.45, 7) is 15.4. The molecule has 0 spiro atoms. The highest BCUT2D eigenvalue weighted by Gasteiger charge is 2.42. The second kappa shape index (κ2) is 9.34. The van der Waals surface area contributed by atoms with E-state index in [9.17, 15) is 0 Å². The van der Waals surface area contributed by atoms with E-state index in [1.165, 1.54) is 0 Å². The van der Waals surface area contributed by atoms with Crippen molar-refractivity contribution in [3.8, 4) is 0 Å². The van der Waals surface area contributed by atoms with E-state index in [1.54, 1.807) is 0 Å². The van der Waals surface area contributed by atoms with Crippen LogP contribution < -0.4 is 0 Å². The number of aromatic nitrogens is 6. The lowest BCUT2D eigenvalue weighted by Crippen LogP contribution is -2.44. The van der Waals surface area contributed by atoms with E-state index >= 15 is 0 Å². The molecule has 8 heteroatoms. The van der Waals surface area contributed by atoms with Gasteiger partial charge >= 0.3 is 0 Å². The van der Waals surface area contributed by atoms with Gasteiger partial charge in [-0.3, -0.25) is 0 Å². The molecule has 1 aliphatic carbocycles. The maximum Gasteiger partial charge on any atom is 0.0852 e. The molecule has 3 rings (SSSR count). The van der Waals surface area contributed by atoms with Gasteiger partial charge in [0.1, 0.15) is 0 Å². The number of ether oxygens (including phenoxy) is 2. The summed E-state index contributed by atoms with van der Waals surface area (Å²) < 4.78 is 16.5. The molecule has 29 heavy (non-hydrogen) atoms. The highest BCUT2D eigenvalue weighted by Crippen LogP contribution is 2.39.